The predicted molar refractivity (Wildman–Crippen MR) is 95.6 cm³/mol. The largest absolute Gasteiger partial charge is 0.489 e. The molecule has 0 amide bonds. The number of carboxylic acid groups (broad SMARTS) is 1. The molecule has 0 unspecified atom stereocenters. The number of Topliss-reactive ketones (excluding diaryl/α,β-unsaturated/α-hetero) is 1. The van der Waals surface area contributed by atoms with Gasteiger partial charge in [-0.3, -0.25) is 4.79 Å². The summed E-state index contributed by atoms with van der Waals surface area (Å²) in [6, 6.07) is 9.74. The molecule has 1 N–H and O–H groups in total. The Morgan fingerprint density at radius 1 is 1.04 bits per heavy atom. The molecule has 0 atom stereocenters. The molecule has 26 heavy (non-hydrogen) atoms. The number of carbonyl (C=O) groups excluding carboxylic acids is 1. The van der Waals surface area contributed by atoms with Gasteiger partial charge in [0.2, 0.25) is 0 Å². The normalized spacial score (nSPS) is 10.4. The molecule has 4 nitrogen and oxygen atoms in total. The van der Waals surface area contributed by atoms with Crippen molar-refractivity contribution in [1.29, 1.82) is 0 Å². The molecule has 0 aromatic heterocycles. The highest BCUT2D eigenvalue weighted by Gasteiger charge is 2.11. The lowest BCUT2D eigenvalue weighted by Gasteiger charge is -2.09. The number of carboxylic acids is 1. The second-order valence-corrected chi connectivity index (χ2v) is 6.32. The average Bonchev–Trinajstić information content (AvgIpc) is 2.61. The zero-order valence-corrected chi connectivity index (χ0v) is 14.5. The zero-order valence-electron chi connectivity index (χ0n) is 13.7. The SMILES string of the molecule is C=C(CSCC(=O)c1ccc(OCc2c(F)cccc2F)cc1)C(=O)O. The number of aliphatic carboxylic acids is 1. The molecule has 7 heteroatoms. The molecule has 2 aromatic rings. The lowest BCUT2D eigenvalue weighted by Crippen LogP contribution is -2.06. The lowest BCUT2D eigenvalue weighted by atomic mass is 10.1. The van der Waals surface area contributed by atoms with Crippen molar-refractivity contribution in [1.82, 2.24) is 0 Å². The second-order valence-electron chi connectivity index (χ2n) is 5.34. The van der Waals surface area contributed by atoms with Gasteiger partial charge >= 0.3 is 5.97 Å². The van der Waals surface area contributed by atoms with Crippen LogP contribution < -0.4 is 4.74 Å². The van der Waals surface area contributed by atoms with Crippen LogP contribution in [0.15, 0.2) is 54.6 Å². The Hall–Kier alpha value is -2.67. The van der Waals surface area contributed by atoms with Crippen molar-refractivity contribution in [2.75, 3.05) is 11.5 Å². The van der Waals surface area contributed by atoms with E-state index in [1.165, 1.54) is 18.2 Å². The van der Waals surface area contributed by atoms with Crippen LogP contribution >= 0.6 is 11.8 Å². The summed E-state index contributed by atoms with van der Waals surface area (Å²) >= 11 is 1.16. The molecule has 0 fully saturated rings. The molecule has 0 bridgehead atoms. The van der Waals surface area contributed by atoms with E-state index in [4.69, 9.17) is 9.84 Å². The van der Waals surface area contributed by atoms with E-state index in [9.17, 15) is 18.4 Å². The highest BCUT2D eigenvalue weighted by atomic mass is 32.2. The van der Waals surface area contributed by atoms with Gasteiger partial charge in [0.05, 0.1) is 11.3 Å². The van der Waals surface area contributed by atoms with Gasteiger partial charge in [0.1, 0.15) is 24.0 Å². The lowest BCUT2D eigenvalue weighted by molar-refractivity contribution is -0.132. The molecule has 136 valence electrons. The van der Waals surface area contributed by atoms with Crippen LogP contribution in [0.4, 0.5) is 8.78 Å². The number of carbonyl (C=O) groups is 2. The van der Waals surface area contributed by atoms with Crippen LogP contribution in [0.2, 0.25) is 0 Å². The van der Waals surface area contributed by atoms with Gasteiger partial charge in [-0.05, 0) is 36.4 Å². The number of ether oxygens (including phenoxy) is 1. The van der Waals surface area contributed by atoms with E-state index in [0.717, 1.165) is 23.9 Å². The van der Waals surface area contributed by atoms with E-state index in [0.29, 0.717) is 11.3 Å². The fraction of sp³-hybridized carbons (Fsp3) is 0.158. The molecule has 0 radical (unpaired) electrons. The Kier molecular flexibility index (Phi) is 6.91. The third kappa shape index (κ3) is 5.42. The molecule has 0 spiro atoms. The molecular weight excluding hydrogens is 362 g/mol. The standard InChI is InChI=1S/C19H16F2O4S/c1-12(19(23)24)10-26-11-18(22)13-5-7-14(8-6-13)25-9-15-16(20)3-2-4-17(15)21/h2-8H,1,9-11H2,(H,23,24). The fourth-order valence-corrected chi connectivity index (χ4v) is 2.80. The van der Waals surface area contributed by atoms with E-state index in [1.807, 2.05) is 0 Å². The summed E-state index contributed by atoms with van der Waals surface area (Å²) in [7, 11) is 0. The quantitative estimate of drug-likeness (QED) is 0.526. The van der Waals surface area contributed by atoms with Crippen LogP contribution in [0, 0.1) is 11.6 Å². The molecule has 0 aliphatic heterocycles. The topological polar surface area (TPSA) is 63.6 Å². The Bertz CT molecular complexity index is 799. The first-order valence-electron chi connectivity index (χ1n) is 7.56. The highest BCUT2D eigenvalue weighted by molar-refractivity contribution is 8.00. The number of hydrogen-bond donors (Lipinski definition) is 1. The Morgan fingerprint density at radius 3 is 2.23 bits per heavy atom. The van der Waals surface area contributed by atoms with Crippen LogP contribution in [-0.4, -0.2) is 28.4 Å². The van der Waals surface area contributed by atoms with Gasteiger partial charge in [-0.15, -0.1) is 11.8 Å². The average molecular weight is 378 g/mol. The number of halogens is 2. The monoisotopic (exact) mass is 378 g/mol. The van der Waals surface area contributed by atoms with Crippen molar-refractivity contribution in [2.45, 2.75) is 6.61 Å². The van der Waals surface area contributed by atoms with Crippen LogP contribution in [0.5, 0.6) is 5.75 Å². The van der Waals surface area contributed by atoms with Crippen LogP contribution in [0.1, 0.15) is 15.9 Å². The Balaban J connectivity index is 1.88. The Morgan fingerprint density at radius 2 is 1.65 bits per heavy atom. The number of rotatable bonds is 9. The summed E-state index contributed by atoms with van der Waals surface area (Å²) < 4.78 is 32.4. The predicted octanol–water partition coefficient (Wildman–Crippen LogP) is 4.10. The number of hydrogen-bond acceptors (Lipinski definition) is 4. The van der Waals surface area contributed by atoms with Crippen molar-refractivity contribution < 1.29 is 28.2 Å². The maximum Gasteiger partial charge on any atom is 0.331 e. The first kappa shape index (κ1) is 19.7. The first-order chi connectivity index (χ1) is 12.4. The number of benzene rings is 2. The number of ketones is 1. The van der Waals surface area contributed by atoms with Gasteiger partial charge in [0.25, 0.3) is 0 Å². The summed E-state index contributed by atoms with van der Waals surface area (Å²) in [4.78, 5) is 22.7. The van der Waals surface area contributed by atoms with E-state index in [1.54, 1.807) is 12.1 Å². The van der Waals surface area contributed by atoms with Gasteiger partial charge in [0.15, 0.2) is 5.78 Å². The van der Waals surface area contributed by atoms with Crippen molar-refractivity contribution in [2.24, 2.45) is 0 Å². The third-order valence-electron chi connectivity index (χ3n) is 3.43. The highest BCUT2D eigenvalue weighted by Crippen LogP contribution is 2.19. The van der Waals surface area contributed by atoms with Gasteiger partial charge < -0.3 is 9.84 Å². The van der Waals surface area contributed by atoms with Gasteiger partial charge in [-0.1, -0.05) is 12.6 Å². The van der Waals surface area contributed by atoms with E-state index in [-0.39, 0.29) is 35.0 Å². The second kappa shape index (κ2) is 9.15. The summed E-state index contributed by atoms with van der Waals surface area (Å²) in [5.74, 6) is -1.97. The first-order valence-corrected chi connectivity index (χ1v) is 8.71. The maximum atomic E-state index is 13.5. The maximum absolute atomic E-state index is 13.5. The van der Waals surface area contributed by atoms with Gasteiger partial charge in [0, 0.05) is 16.9 Å². The molecule has 2 aromatic carbocycles. The van der Waals surface area contributed by atoms with Crippen LogP contribution in [0.25, 0.3) is 0 Å². The van der Waals surface area contributed by atoms with Crippen LogP contribution in [0.3, 0.4) is 0 Å². The van der Waals surface area contributed by atoms with Crippen molar-refractivity contribution in [3.63, 3.8) is 0 Å². The van der Waals surface area contributed by atoms with E-state index >= 15 is 0 Å². The van der Waals surface area contributed by atoms with Gasteiger partial charge in [-0.2, -0.15) is 0 Å². The minimum Gasteiger partial charge on any atom is -0.489 e. The molecule has 0 heterocycles. The fourth-order valence-electron chi connectivity index (χ4n) is 1.97. The summed E-state index contributed by atoms with van der Waals surface area (Å²) in [6.07, 6.45) is 0. The Labute approximate surface area is 153 Å². The van der Waals surface area contributed by atoms with Crippen molar-refractivity contribution in [3.05, 3.63) is 77.4 Å². The molecule has 0 saturated carbocycles. The summed E-state index contributed by atoms with van der Waals surface area (Å²) in [6.45, 7) is 3.13. The van der Waals surface area contributed by atoms with E-state index in [2.05, 4.69) is 6.58 Å². The minimum absolute atomic E-state index is 0.0342. The molecule has 2 rings (SSSR count). The number of thioether (sulfide) groups is 1. The van der Waals surface area contributed by atoms with Crippen molar-refractivity contribution >= 4 is 23.5 Å². The smallest absolute Gasteiger partial charge is 0.331 e. The van der Waals surface area contributed by atoms with Crippen molar-refractivity contribution in [3.8, 4) is 5.75 Å². The molecule has 0 aliphatic rings. The molecule has 0 aliphatic carbocycles. The third-order valence-corrected chi connectivity index (χ3v) is 4.45. The molecular formula is C19H16F2O4S. The summed E-state index contributed by atoms with van der Waals surface area (Å²) in [5, 5.41) is 8.70. The van der Waals surface area contributed by atoms with Gasteiger partial charge in [-0.25, -0.2) is 13.6 Å². The van der Waals surface area contributed by atoms with Crippen LogP contribution in [-0.2, 0) is 11.4 Å². The zero-order chi connectivity index (χ0) is 19.1. The minimum atomic E-state index is -1.09. The summed E-state index contributed by atoms with van der Waals surface area (Å²) in [5.41, 5.74) is 0.303. The molecule has 0 saturated heterocycles. The van der Waals surface area contributed by atoms with E-state index < -0.39 is 17.6 Å².